The van der Waals surface area contributed by atoms with Crippen molar-refractivity contribution in [3.05, 3.63) is 30.3 Å². The fourth-order valence-corrected chi connectivity index (χ4v) is 2.60. The zero-order valence-corrected chi connectivity index (χ0v) is 10.7. The van der Waals surface area contributed by atoms with E-state index < -0.39 is 5.54 Å². The first-order chi connectivity index (χ1) is 8.66. The molecule has 3 N–H and O–H groups in total. The minimum absolute atomic E-state index is 0.0546. The highest BCUT2D eigenvalue weighted by atomic mass is 16.5. The van der Waals surface area contributed by atoms with Crippen LogP contribution in [0.4, 0.5) is 0 Å². The average molecular weight is 248 g/mol. The molecule has 0 spiro atoms. The third kappa shape index (κ3) is 2.64. The number of carbonyl (C=O) groups is 1. The van der Waals surface area contributed by atoms with Gasteiger partial charge >= 0.3 is 0 Å². The second-order valence-electron chi connectivity index (χ2n) is 4.77. The smallest absolute Gasteiger partial charge is 0.237 e. The maximum atomic E-state index is 11.6. The first-order valence-corrected chi connectivity index (χ1v) is 6.43. The van der Waals surface area contributed by atoms with Gasteiger partial charge in [0.2, 0.25) is 5.91 Å². The predicted molar refractivity (Wildman–Crippen MR) is 70.3 cm³/mol. The molecule has 1 aromatic rings. The van der Waals surface area contributed by atoms with Crippen LogP contribution >= 0.6 is 0 Å². The fraction of sp³-hybridized carbons (Fsp3) is 0.500. The van der Waals surface area contributed by atoms with Crippen molar-refractivity contribution >= 4 is 5.91 Å². The summed E-state index contributed by atoms with van der Waals surface area (Å²) in [7, 11) is 0. The average Bonchev–Trinajstić information content (AvgIpc) is 2.76. The van der Waals surface area contributed by atoms with E-state index in [1.54, 1.807) is 0 Å². The molecule has 18 heavy (non-hydrogen) atoms. The van der Waals surface area contributed by atoms with Crippen molar-refractivity contribution in [2.45, 2.75) is 37.8 Å². The standard InChI is InChI=1S/C14H20N2O2/c1-2-16-14(13(15)17)9-8-12(10-14)18-11-6-4-3-5-7-11/h3-7,12,16H,2,8-10H2,1H3,(H2,15,17). The molecule has 2 rings (SSSR count). The Balaban J connectivity index is 2.01. The van der Waals surface area contributed by atoms with Gasteiger partial charge in [0.25, 0.3) is 0 Å². The number of amides is 1. The largest absolute Gasteiger partial charge is 0.490 e. The van der Waals surface area contributed by atoms with Gasteiger partial charge in [0.15, 0.2) is 0 Å². The first kappa shape index (κ1) is 12.9. The molecule has 98 valence electrons. The number of hydrogen-bond acceptors (Lipinski definition) is 3. The van der Waals surface area contributed by atoms with E-state index in [4.69, 9.17) is 10.5 Å². The summed E-state index contributed by atoms with van der Waals surface area (Å²) in [5.41, 5.74) is 4.93. The Morgan fingerprint density at radius 2 is 2.22 bits per heavy atom. The van der Waals surface area contributed by atoms with Crippen molar-refractivity contribution in [2.24, 2.45) is 5.73 Å². The molecule has 1 amide bonds. The molecular weight excluding hydrogens is 228 g/mol. The van der Waals surface area contributed by atoms with Crippen LogP contribution in [0, 0.1) is 0 Å². The lowest BCUT2D eigenvalue weighted by Crippen LogP contribution is -2.54. The van der Waals surface area contributed by atoms with Crippen LogP contribution in [-0.4, -0.2) is 24.1 Å². The van der Waals surface area contributed by atoms with Crippen LogP contribution in [-0.2, 0) is 4.79 Å². The van der Waals surface area contributed by atoms with Crippen molar-refractivity contribution < 1.29 is 9.53 Å². The van der Waals surface area contributed by atoms with Crippen molar-refractivity contribution in [3.8, 4) is 5.75 Å². The molecule has 1 aliphatic rings. The second-order valence-corrected chi connectivity index (χ2v) is 4.77. The van der Waals surface area contributed by atoms with E-state index >= 15 is 0 Å². The fourth-order valence-electron chi connectivity index (χ4n) is 2.60. The van der Waals surface area contributed by atoms with Gasteiger partial charge in [0.05, 0.1) is 0 Å². The Bertz CT molecular complexity index is 408. The van der Waals surface area contributed by atoms with Gasteiger partial charge in [0.1, 0.15) is 17.4 Å². The molecule has 0 heterocycles. The zero-order valence-electron chi connectivity index (χ0n) is 10.7. The van der Waals surface area contributed by atoms with Crippen LogP contribution in [0.15, 0.2) is 30.3 Å². The van der Waals surface area contributed by atoms with E-state index in [2.05, 4.69) is 5.32 Å². The van der Waals surface area contributed by atoms with Crippen molar-refractivity contribution in [3.63, 3.8) is 0 Å². The number of carbonyl (C=O) groups excluding carboxylic acids is 1. The molecule has 0 aromatic heterocycles. The van der Waals surface area contributed by atoms with Gasteiger partial charge in [-0.05, 0) is 31.5 Å². The lowest BCUT2D eigenvalue weighted by molar-refractivity contribution is -0.124. The predicted octanol–water partition coefficient (Wildman–Crippen LogP) is 1.45. The number of likely N-dealkylation sites (N-methyl/N-ethyl adjacent to an activating group) is 1. The number of ether oxygens (including phenoxy) is 1. The molecule has 2 atom stereocenters. The van der Waals surface area contributed by atoms with Crippen LogP contribution in [0.1, 0.15) is 26.2 Å². The van der Waals surface area contributed by atoms with Crippen LogP contribution in [0.3, 0.4) is 0 Å². The zero-order chi connectivity index (χ0) is 13.0. The molecule has 0 aliphatic heterocycles. The number of benzene rings is 1. The lowest BCUT2D eigenvalue weighted by Gasteiger charge is -2.26. The molecule has 0 saturated heterocycles. The Morgan fingerprint density at radius 3 is 2.83 bits per heavy atom. The van der Waals surface area contributed by atoms with Gasteiger partial charge < -0.3 is 15.8 Å². The molecule has 0 radical (unpaired) electrons. The molecule has 0 bridgehead atoms. The van der Waals surface area contributed by atoms with Gasteiger partial charge in [-0.1, -0.05) is 25.1 Å². The number of nitrogens with one attached hydrogen (secondary N) is 1. The highest BCUT2D eigenvalue weighted by molar-refractivity contribution is 5.85. The minimum Gasteiger partial charge on any atom is -0.490 e. The van der Waals surface area contributed by atoms with Crippen LogP contribution in [0.25, 0.3) is 0 Å². The maximum absolute atomic E-state index is 11.6. The number of primary amides is 1. The monoisotopic (exact) mass is 248 g/mol. The van der Waals surface area contributed by atoms with Gasteiger partial charge in [0, 0.05) is 6.42 Å². The second kappa shape index (κ2) is 5.40. The summed E-state index contributed by atoms with van der Waals surface area (Å²) in [6, 6.07) is 9.69. The van der Waals surface area contributed by atoms with Gasteiger partial charge in [-0.25, -0.2) is 0 Å². The van der Waals surface area contributed by atoms with Crippen molar-refractivity contribution in [1.29, 1.82) is 0 Å². The van der Waals surface area contributed by atoms with E-state index in [1.165, 1.54) is 0 Å². The van der Waals surface area contributed by atoms with Crippen molar-refractivity contribution in [2.75, 3.05) is 6.54 Å². The molecule has 4 nitrogen and oxygen atoms in total. The third-order valence-corrected chi connectivity index (χ3v) is 3.50. The highest BCUT2D eigenvalue weighted by Gasteiger charge is 2.44. The number of nitrogens with two attached hydrogens (primary N) is 1. The Hall–Kier alpha value is -1.55. The quantitative estimate of drug-likeness (QED) is 0.829. The lowest BCUT2D eigenvalue weighted by atomic mass is 9.96. The summed E-state index contributed by atoms with van der Waals surface area (Å²) < 4.78 is 5.88. The van der Waals surface area contributed by atoms with E-state index in [1.807, 2.05) is 37.3 Å². The highest BCUT2D eigenvalue weighted by Crippen LogP contribution is 2.32. The number of rotatable bonds is 5. The summed E-state index contributed by atoms with van der Waals surface area (Å²) in [4.78, 5) is 11.6. The summed E-state index contributed by atoms with van der Waals surface area (Å²) in [6.07, 6.45) is 2.29. The molecule has 2 unspecified atom stereocenters. The summed E-state index contributed by atoms with van der Waals surface area (Å²) in [5, 5.41) is 3.22. The molecule has 1 saturated carbocycles. The number of para-hydroxylation sites is 1. The van der Waals surface area contributed by atoms with E-state index in [0.717, 1.165) is 25.1 Å². The van der Waals surface area contributed by atoms with E-state index in [-0.39, 0.29) is 12.0 Å². The summed E-state index contributed by atoms with van der Waals surface area (Å²) in [5.74, 6) is 0.572. The van der Waals surface area contributed by atoms with E-state index in [9.17, 15) is 4.79 Å². The number of hydrogen-bond donors (Lipinski definition) is 2. The van der Waals surface area contributed by atoms with Gasteiger partial charge in [-0.2, -0.15) is 0 Å². The van der Waals surface area contributed by atoms with Crippen LogP contribution in [0.2, 0.25) is 0 Å². The molecule has 1 fully saturated rings. The Labute approximate surface area is 108 Å². The van der Waals surface area contributed by atoms with Crippen molar-refractivity contribution in [1.82, 2.24) is 5.32 Å². The molecular formula is C14H20N2O2. The van der Waals surface area contributed by atoms with Gasteiger partial charge in [-0.3, -0.25) is 4.79 Å². The molecule has 1 aliphatic carbocycles. The SMILES string of the molecule is CCNC1(C(N)=O)CCC(Oc2ccccc2)C1. The minimum atomic E-state index is -0.589. The van der Waals surface area contributed by atoms with Crippen LogP contribution < -0.4 is 15.8 Å². The third-order valence-electron chi connectivity index (χ3n) is 3.50. The first-order valence-electron chi connectivity index (χ1n) is 6.43. The summed E-state index contributed by atoms with van der Waals surface area (Å²) >= 11 is 0. The normalized spacial score (nSPS) is 27.1. The van der Waals surface area contributed by atoms with Crippen LogP contribution in [0.5, 0.6) is 5.75 Å². The molecule has 1 aromatic carbocycles. The van der Waals surface area contributed by atoms with E-state index in [0.29, 0.717) is 6.42 Å². The maximum Gasteiger partial charge on any atom is 0.237 e. The molecule has 4 heteroatoms. The topological polar surface area (TPSA) is 64.3 Å². The van der Waals surface area contributed by atoms with Gasteiger partial charge in [-0.15, -0.1) is 0 Å². The Kier molecular flexibility index (Phi) is 3.87. The Morgan fingerprint density at radius 1 is 1.50 bits per heavy atom. The summed E-state index contributed by atoms with van der Waals surface area (Å²) in [6.45, 7) is 2.72.